The monoisotopic (exact) mass is 448 g/mol. The number of amidine groups is 1. The van der Waals surface area contributed by atoms with Gasteiger partial charge in [0.25, 0.3) is 0 Å². The fraction of sp³-hybridized carbons (Fsp3) is 0.348. The van der Waals surface area contributed by atoms with Crippen molar-refractivity contribution in [2.24, 2.45) is 10.9 Å². The van der Waals surface area contributed by atoms with Crippen molar-refractivity contribution in [1.29, 1.82) is 0 Å². The van der Waals surface area contributed by atoms with Crippen LogP contribution in [0.25, 0.3) is 0 Å². The molecule has 1 amide bonds. The quantitative estimate of drug-likeness (QED) is 0.489. The molecule has 2 fully saturated rings. The minimum absolute atomic E-state index is 0.133. The first-order valence-corrected chi connectivity index (χ1v) is 12.0. The van der Waals surface area contributed by atoms with Gasteiger partial charge >= 0.3 is 0 Å². The number of carbonyl (C=O) groups excluding carboxylic acids is 1. The van der Waals surface area contributed by atoms with Crippen molar-refractivity contribution in [3.8, 4) is 0 Å². The summed E-state index contributed by atoms with van der Waals surface area (Å²) < 4.78 is 2.18. The molecular weight excluding hydrogens is 422 g/mol. The molecule has 2 aliphatic carbocycles. The van der Waals surface area contributed by atoms with Crippen LogP contribution in [0.15, 0.2) is 64.6 Å². The van der Waals surface area contributed by atoms with E-state index in [0.717, 1.165) is 52.3 Å². The molecule has 2 aromatic rings. The van der Waals surface area contributed by atoms with Crippen LogP contribution in [-0.2, 0) is 4.79 Å². The molecule has 8 nitrogen and oxygen atoms in total. The second-order valence-corrected chi connectivity index (χ2v) is 9.89. The standard InChI is InChI=1S/C23H25N7OS/c31-23(16-4-5-16)25-17-6-8-18(9-7-17)32-29-13-21-24-10-11-30(21)22(14-29)26-20-12-19(27-28-20)15-2-1-3-15/h6-12,14-16H,1-5,13H2,(H,25,31)(H2,26,27,28)/p+1. The van der Waals surface area contributed by atoms with Gasteiger partial charge in [0.15, 0.2) is 5.82 Å². The summed E-state index contributed by atoms with van der Waals surface area (Å²) in [7, 11) is 0. The van der Waals surface area contributed by atoms with Crippen molar-refractivity contribution in [3.05, 3.63) is 60.4 Å². The number of aromatic nitrogens is 2. The number of carbonyl (C=O) groups is 1. The van der Waals surface area contributed by atoms with Crippen molar-refractivity contribution in [3.63, 3.8) is 0 Å². The number of fused-ring (bicyclic) bond motifs is 1. The highest BCUT2D eigenvalue weighted by molar-refractivity contribution is 7.97. The lowest BCUT2D eigenvalue weighted by Gasteiger charge is -2.27. The van der Waals surface area contributed by atoms with E-state index < -0.39 is 0 Å². The zero-order valence-corrected chi connectivity index (χ0v) is 18.5. The summed E-state index contributed by atoms with van der Waals surface area (Å²) in [6, 6.07) is 10.1. The lowest BCUT2D eigenvalue weighted by atomic mass is 9.83. The molecule has 1 atom stereocenters. The molecule has 4 aliphatic rings. The van der Waals surface area contributed by atoms with E-state index in [1.54, 1.807) is 11.9 Å². The highest BCUT2D eigenvalue weighted by atomic mass is 32.2. The Morgan fingerprint density at radius 3 is 2.78 bits per heavy atom. The Labute approximate surface area is 191 Å². The van der Waals surface area contributed by atoms with E-state index in [4.69, 9.17) is 0 Å². The molecule has 2 saturated carbocycles. The number of hydrogen-bond acceptors (Lipinski definition) is 6. The van der Waals surface area contributed by atoms with E-state index in [-0.39, 0.29) is 11.8 Å². The number of nitrogens with one attached hydrogen (secondary N) is 4. The van der Waals surface area contributed by atoms with E-state index in [1.807, 2.05) is 36.7 Å². The number of aromatic amines is 1. The first-order valence-electron chi connectivity index (χ1n) is 11.2. The molecular formula is C23H26N7OS+. The number of amides is 1. The van der Waals surface area contributed by atoms with Crippen LogP contribution in [0.4, 0.5) is 11.5 Å². The van der Waals surface area contributed by atoms with Gasteiger partial charge in [-0.05, 0) is 61.9 Å². The fourth-order valence-corrected chi connectivity index (χ4v) is 4.97. The van der Waals surface area contributed by atoms with Gasteiger partial charge in [0.1, 0.15) is 12.7 Å². The molecule has 9 heteroatoms. The van der Waals surface area contributed by atoms with Gasteiger partial charge in [0.05, 0.1) is 12.4 Å². The molecule has 4 N–H and O–H groups in total. The number of anilines is 2. The summed E-state index contributed by atoms with van der Waals surface area (Å²) >= 11 is 1.65. The summed E-state index contributed by atoms with van der Waals surface area (Å²) in [5.74, 6) is 3.85. The number of hydrogen-bond donors (Lipinski definition) is 4. The number of H-pyrrole nitrogens is 1. The summed E-state index contributed by atoms with van der Waals surface area (Å²) in [5.41, 5.74) is 2.07. The molecule has 6 rings (SSSR count). The maximum absolute atomic E-state index is 12.0. The van der Waals surface area contributed by atoms with Gasteiger partial charge in [-0.3, -0.25) is 19.5 Å². The molecule has 3 heterocycles. The lowest BCUT2D eigenvalue weighted by Crippen LogP contribution is -3.10. The molecule has 0 radical (unpaired) electrons. The van der Waals surface area contributed by atoms with Crippen LogP contribution in [0.1, 0.15) is 43.7 Å². The highest BCUT2D eigenvalue weighted by Gasteiger charge is 2.32. The Bertz CT molecular complexity index is 1110. The smallest absolute Gasteiger partial charge is 0.233 e. The second-order valence-electron chi connectivity index (χ2n) is 8.76. The molecule has 1 unspecified atom stereocenters. The number of quaternary nitrogens is 1. The summed E-state index contributed by atoms with van der Waals surface area (Å²) in [5, 5.41) is 14.1. The van der Waals surface area contributed by atoms with Gasteiger partial charge in [0.2, 0.25) is 17.6 Å². The number of benzene rings is 1. The highest BCUT2D eigenvalue weighted by Crippen LogP contribution is 2.36. The van der Waals surface area contributed by atoms with Crippen molar-refractivity contribution in [2.75, 3.05) is 17.2 Å². The Hall–Kier alpha value is -3.04. The SMILES string of the molecule is O=C(Nc1ccc(SN2C=C(Nc3cc(C4CCC4)[nH]n3)[NH+]3C=CN=C3C2)cc1)C1CC1. The third-order valence-electron chi connectivity index (χ3n) is 6.35. The molecule has 1 aromatic carbocycles. The molecule has 1 aromatic heterocycles. The van der Waals surface area contributed by atoms with Crippen molar-refractivity contribution < 1.29 is 9.69 Å². The van der Waals surface area contributed by atoms with E-state index in [2.05, 4.69) is 42.4 Å². The molecule has 0 saturated heterocycles. The van der Waals surface area contributed by atoms with Crippen LogP contribution in [0.2, 0.25) is 0 Å². The summed E-state index contributed by atoms with van der Waals surface area (Å²) in [6.45, 7) is 0.728. The lowest BCUT2D eigenvalue weighted by molar-refractivity contribution is -0.699. The number of rotatable bonds is 7. The van der Waals surface area contributed by atoms with Crippen LogP contribution >= 0.6 is 11.9 Å². The molecule has 0 bridgehead atoms. The Kier molecular flexibility index (Phi) is 4.99. The first-order chi connectivity index (χ1) is 15.7. The Morgan fingerprint density at radius 2 is 2.03 bits per heavy atom. The van der Waals surface area contributed by atoms with Gasteiger partial charge in [-0.25, -0.2) is 9.89 Å². The summed E-state index contributed by atoms with van der Waals surface area (Å²) in [6.07, 6.45) is 11.8. The summed E-state index contributed by atoms with van der Waals surface area (Å²) in [4.78, 5) is 18.7. The van der Waals surface area contributed by atoms with Crippen molar-refractivity contribution in [2.45, 2.75) is 42.9 Å². The zero-order valence-electron chi connectivity index (χ0n) is 17.7. The van der Waals surface area contributed by atoms with Crippen LogP contribution < -0.4 is 15.5 Å². The molecule has 164 valence electrons. The average molecular weight is 449 g/mol. The third kappa shape index (κ3) is 4.05. The molecule has 2 aliphatic heterocycles. The van der Waals surface area contributed by atoms with Gasteiger partial charge in [-0.2, -0.15) is 5.10 Å². The normalized spacial score (nSPS) is 22.1. The van der Waals surface area contributed by atoms with E-state index in [9.17, 15) is 4.79 Å². The predicted molar refractivity (Wildman–Crippen MR) is 125 cm³/mol. The first kappa shape index (κ1) is 19.6. The van der Waals surface area contributed by atoms with E-state index >= 15 is 0 Å². The maximum Gasteiger partial charge on any atom is 0.233 e. The average Bonchev–Trinajstić information content (AvgIpc) is 3.34. The minimum atomic E-state index is 0.133. The third-order valence-corrected chi connectivity index (χ3v) is 7.30. The topological polar surface area (TPSA) is 89.9 Å². The van der Waals surface area contributed by atoms with Crippen LogP contribution in [0.3, 0.4) is 0 Å². The number of nitrogens with zero attached hydrogens (tertiary/aromatic N) is 3. The zero-order chi connectivity index (χ0) is 21.5. The Morgan fingerprint density at radius 1 is 1.19 bits per heavy atom. The molecule has 0 spiro atoms. The van der Waals surface area contributed by atoms with E-state index in [1.165, 1.54) is 25.0 Å². The van der Waals surface area contributed by atoms with Crippen LogP contribution in [0.5, 0.6) is 0 Å². The second kappa shape index (κ2) is 8.14. The van der Waals surface area contributed by atoms with Gasteiger partial charge in [-0.1, -0.05) is 6.42 Å². The van der Waals surface area contributed by atoms with E-state index in [0.29, 0.717) is 5.92 Å². The Balaban J connectivity index is 1.15. The van der Waals surface area contributed by atoms with Crippen LogP contribution in [-0.4, -0.2) is 32.8 Å². The maximum atomic E-state index is 12.0. The number of aliphatic imine (C=N–C) groups is 1. The van der Waals surface area contributed by atoms with Crippen molar-refractivity contribution in [1.82, 2.24) is 14.5 Å². The fourth-order valence-electron chi connectivity index (χ4n) is 4.10. The van der Waals surface area contributed by atoms with Gasteiger partial charge in [-0.15, -0.1) is 0 Å². The van der Waals surface area contributed by atoms with Gasteiger partial charge in [0, 0.05) is 34.2 Å². The van der Waals surface area contributed by atoms with Crippen LogP contribution in [0, 0.1) is 5.92 Å². The predicted octanol–water partition coefficient (Wildman–Crippen LogP) is 3.03. The largest absolute Gasteiger partial charge is 0.326 e. The minimum Gasteiger partial charge on any atom is -0.326 e. The van der Waals surface area contributed by atoms with Crippen molar-refractivity contribution >= 4 is 35.2 Å². The molecule has 32 heavy (non-hydrogen) atoms. The van der Waals surface area contributed by atoms with Gasteiger partial charge < -0.3 is 5.32 Å².